The van der Waals surface area contributed by atoms with Gasteiger partial charge >= 0.3 is 0 Å². The summed E-state index contributed by atoms with van der Waals surface area (Å²) in [4.78, 5) is 12.8. The maximum Gasteiger partial charge on any atom is 0.243 e. The molecule has 1 amide bonds. The molecule has 0 spiro atoms. The molecule has 2 rings (SSSR count). The highest BCUT2D eigenvalue weighted by atomic mass is 32.2. The number of piperidine rings is 1. The minimum Gasteiger partial charge on any atom is -0.354 e. The molecule has 6 nitrogen and oxygen atoms in total. The van der Waals surface area contributed by atoms with Crippen LogP contribution >= 0.6 is 0 Å². The Bertz CT molecular complexity index is 672. The van der Waals surface area contributed by atoms with Gasteiger partial charge in [0.1, 0.15) is 0 Å². The molecule has 3 N–H and O–H groups in total. The van der Waals surface area contributed by atoms with Crippen LogP contribution in [0.2, 0.25) is 0 Å². The molecule has 1 atom stereocenters. The van der Waals surface area contributed by atoms with Crippen LogP contribution in [0.3, 0.4) is 0 Å². The van der Waals surface area contributed by atoms with E-state index in [4.69, 9.17) is 5.73 Å². The summed E-state index contributed by atoms with van der Waals surface area (Å²) in [7, 11) is -3.55. The van der Waals surface area contributed by atoms with Crippen LogP contribution < -0.4 is 11.1 Å². The monoisotopic (exact) mass is 367 g/mol. The highest BCUT2D eigenvalue weighted by molar-refractivity contribution is 7.89. The fourth-order valence-electron chi connectivity index (χ4n) is 3.02. The van der Waals surface area contributed by atoms with Crippen molar-refractivity contribution in [2.24, 2.45) is 11.7 Å². The number of rotatable bonds is 7. The lowest BCUT2D eigenvalue weighted by Gasteiger charge is -2.32. The number of sulfonamides is 1. The number of hydrogen-bond donors (Lipinski definition) is 2. The van der Waals surface area contributed by atoms with Crippen LogP contribution in [0.15, 0.2) is 35.2 Å². The van der Waals surface area contributed by atoms with Gasteiger partial charge in [-0.25, -0.2) is 8.42 Å². The number of benzene rings is 1. The van der Waals surface area contributed by atoms with E-state index >= 15 is 0 Å². The molecule has 1 aliphatic rings. The van der Waals surface area contributed by atoms with Gasteiger partial charge in [0.25, 0.3) is 0 Å². The second-order valence-corrected chi connectivity index (χ2v) is 8.74. The second-order valence-electron chi connectivity index (χ2n) is 6.80. The molecular formula is C18H29N3O3S. The molecule has 1 fully saturated rings. The Hall–Kier alpha value is -1.44. The first-order valence-electron chi connectivity index (χ1n) is 8.94. The Balaban J connectivity index is 2.02. The van der Waals surface area contributed by atoms with E-state index in [1.54, 1.807) is 30.3 Å². The van der Waals surface area contributed by atoms with E-state index in [0.717, 1.165) is 12.8 Å². The maximum atomic E-state index is 12.7. The van der Waals surface area contributed by atoms with Crippen LogP contribution in [-0.2, 0) is 14.8 Å². The van der Waals surface area contributed by atoms with Crippen molar-refractivity contribution >= 4 is 15.9 Å². The van der Waals surface area contributed by atoms with Crippen molar-refractivity contribution in [3.63, 3.8) is 0 Å². The van der Waals surface area contributed by atoms with Crippen molar-refractivity contribution in [1.82, 2.24) is 9.62 Å². The van der Waals surface area contributed by atoms with Gasteiger partial charge in [-0.1, -0.05) is 32.0 Å². The third-order valence-corrected chi connectivity index (χ3v) is 7.04. The molecule has 1 aromatic carbocycles. The van der Waals surface area contributed by atoms with Gasteiger partial charge in [0.15, 0.2) is 0 Å². The van der Waals surface area contributed by atoms with Gasteiger partial charge in [-0.15, -0.1) is 0 Å². The zero-order valence-corrected chi connectivity index (χ0v) is 15.9. The van der Waals surface area contributed by atoms with E-state index in [1.807, 2.05) is 13.8 Å². The number of carbonyl (C=O) groups excluding carboxylic acids is 1. The Kier molecular flexibility index (Phi) is 6.59. The molecule has 1 aliphatic heterocycles. The molecule has 140 valence electrons. The molecule has 0 saturated carbocycles. The Morgan fingerprint density at radius 3 is 2.52 bits per heavy atom. The van der Waals surface area contributed by atoms with Crippen molar-refractivity contribution in [2.45, 2.75) is 50.0 Å². The first kappa shape index (κ1) is 19.9. The van der Waals surface area contributed by atoms with E-state index in [-0.39, 0.29) is 23.3 Å². The van der Waals surface area contributed by atoms with Gasteiger partial charge in [0, 0.05) is 25.2 Å². The van der Waals surface area contributed by atoms with Crippen molar-refractivity contribution in [3.05, 3.63) is 30.3 Å². The number of carbonyl (C=O) groups is 1. The average Bonchev–Trinajstić information content (AvgIpc) is 2.66. The van der Waals surface area contributed by atoms with Crippen LogP contribution in [0.25, 0.3) is 0 Å². The Morgan fingerprint density at radius 1 is 1.28 bits per heavy atom. The molecule has 25 heavy (non-hydrogen) atoms. The van der Waals surface area contributed by atoms with E-state index < -0.39 is 15.6 Å². The van der Waals surface area contributed by atoms with Crippen LogP contribution in [-0.4, -0.2) is 43.8 Å². The summed E-state index contributed by atoms with van der Waals surface area (Å²) in [6, 6.07) is 8.37. The molecule has 1 heterocycles. The Labute approximate surface area is 150 Å². The molecule has 1 unspecified atom stereocenters. The zero-order chi connectivity index (χ0) is 18.5. The van der Waals surface area contributed by atoms with Crippen molar-refractivity contribution in [3.8, 4) is 0 Å². The van der Waals surface area contributed by atoms with E-state index in [0.29, 0.717) is 25.9 Å². The molecular weight excluding hydrogens is 338 g/mol. The van der Waals surface area contributed by atoms with E-state index in [9.17, 15) is 13.2 Å². The van der Waals surface area contributed by atoms with Crippen LogP contribution in [0.1, 0.15) is 39.5 Å². The van der Waals surface area contributed by atoms with Crippen LogP contribution in [0.5, 0.6) is 0 Å². The summed E-state index contributed by atoms with van der Waals surface area (Å²) in [5, 5.41) is 2.92. The largest absolute Gasteiger partial charge is 0.354 e. The van der Waals surface area contributed by atoms with Gasteiger partial charge in [-0.3, -0.25) is 4.79 Å². The van der Waals surface area contributed by atoms with E-state index in [1.165, 1.54) is 4.31 Å². The zero-order valence-electron chi connectivity index (χ0n) is 15.1. The molecule has 0 aromatic heterocycles. The van der Waals surface area contributed by atoms with Gasteiger partial charge in [-0.2, -0.15) is 4.31 Å². The lowest BCUT2D eigenvalue weighted by Crippen LogP contribution is -2.52. The van der Waals surface area contributed by atoms with Crippen molar-refractivity contribution in [1.29, 1.82) is 0 Å². The molecule has 0 radical (unpaired) electrons. The lowest BCUT2D eigenvalue weighted by atomic mass is 9.93. The fraction of sp³-hybridized carbons (Fsp3) is 0.611. The normalized spacial score (nSPS) is 19.6. The van der Waals surface area contributed by atoms with Gasteiger partial charge in [0.05, 0.1) is 10.8 Å². The first-order chi connectivity index (χ1) is 11.8. The topological polar surface area (TPSA) is 92.5 Å². The van der Waals surface area contributed by atoms with Crippen LogP contribution in [0.4, 0.5) is 0 Å². The number of nitrogens with two attached hydrogens (primary N) is 1. The number of nitrogens with one attached hydrogen (secondary N) is 1. The number of hydrogen-bond acceptors (Lipinski definition) is 4. The van der Waals surface area contributed by atoms with Crippen molar-refractivity contribution < 1.29 is 13.2 Å². The summed E-state index contributed by atoms with van der Waals surface area (Å²) in [6.45, 7) is 5.10. The van der Waals surface area contributed by atoms with Crippen LogP contribution in [0, 0.1) is 5.92 Å². The molecule has 0 aliphatic carbocycles. The summed E-state index contributed by atoms with van der Waals surface area (Å²) in [5.41, 5.74) is 5.82. The SMILES string of the molecule is CCC(N)(CC)CNC(=O)C1CCCN(S(=O)(=O)c2ccccc2)C1. The summed E-state index contributed by atoms with van der Waals surface area (Å²) < 4.78 is 26.9. The smallest absolute Gasteiger partial charge is 0.243 e. The highest BCUT2D eigenvalue weighted by Gasteiger charge is 2.33. The summed E-state index contributed by atoms with van der Waals surface area (Å²) >= 11 is 0. The van der Waals surface area contributed by atoms with Gasteiger partial charge in [-0.05, 0) is 37.8 Å². The Morgan fingerprint density at radius 2 is 1.92 bits per heavy atom. The molecule has 1 aromatic rings. The summed E-state index contributed by atoms with van der Waals surface area (Å²) in [6.07, 6.45) is 2.94. The molecule has 7 heteroatoms. The fourth-order valence-corrected chi connectivity index (χ4v) is 4.57. The second kappa shape index (κ2) is 8.29. The van der Waals surface area contributed by atoms with Gasteiger partial charge < -0.3 is 11.1 Å². The first-order valence-corrected chi connectivity index (χ1v) is 10.4. The highest BCUT2D eigenvalue weighted by Crippen LogP contribution is 2.24. The van der Waals surface area contributed by atoms with Crippen molar-refractivity contribution in [2.75, 3.05) is 19.6 Å². The quantitative estimate of drug-likeness (QED) is 0.767. The summed E-state index contributed by atoms with van der Waals surface area (Å²) in [5.74, 6) is -0.435. The predicted molar refractivity (Wildman–Crippen MR) is 98.4 cm³/mol. The maximum absolute atomic E-state index is 12.7. The molecule has 1 saturated heterocycles. The lowest BCUT2D eigenvalue weighted by molar-refractivity contribution is -0.126. The minimum absolute atomic E-state index is 0.107. The standard InChI is InChI=1S/C18H29N3O3S/c1-3-18(19,4-2)14-20-17(22)15-9-8-12-21(13-15)25(23,24)16-10-6-5-7-11-16/h5-7,10-11,15H,3-4,8-9,12-14,19H2,1-2H3,(H,20,22). The predicted octanol–water partition coefficient (Wildman–Crippen LogP) is 1.72. The average molecular weight is 368 g/mol. The van der Waals surface area contributed by atoms with Gasteiger partial charge in [0.2, 0.25) is 15.9 Å². The molecule has 0 bridgehead atoms. The number of amides is 1. The third-order valence-electron chi connectivity index (χ3n) is 5.16. The third kappa shape index (κ3) is 4.80. The minimum atomic E-state index is -3.55. The van der Waals surface area contributed by atoms with E-state index in [2.05, 4.69) is 5.32 Å². The number of nitrogens with zero attached hydrogens (tertiary/aromatic N) is 1.